The first-order valence-corrected chi connectivity index (χ1v) is 7.52. The summed E-state index contributed by atoms with van der Waals surface area (Å²) in [6.45, 7) is 3.69. The van der Waals surface area contributed by atoms with Gasteiger partial charge in [-0.25, -0.2) is 4.98 Å². The van der Waals surface area contributed by atoms with E-state index < -0.39 is 0 Å². The van der Waals surface area contributed by atoms with Crippen LogP contribution in [-0.2, 0) is 14.3 Å². The minimum Gasteiger partial charge on any atom is -0.378 e. The Balaban J connectivity index is 1.44. The average molecular weight is 304 g/mol. The number of anilines is 1. The predicted molar refractivity (Wildman–Crippen MR) is 81.7 cm³/mol. The molecule has 1 unspecified atom stereocenters. The van der Waals surface area contributed by atoms with Crippen LogP contribution < -0.4 is 5.32 Å². The number of carbonyl (C=O) groups is 1. The van der Waals surface area contributed by atoms with Gasteiger partial charge in [-0.15, -0.1) is 0 Å². The van der Waals surface area contributed by atoms with E-state index in [1.807, 2.05) is 13.0 Å². The smallest absolute Gasteiger partial charge is 0.226 e. The molecule has 1 fully saturated rings. The molecule has 2 N–H and O–H groups in total. The minimum atomic E-state index is -0.0883. The molecule has 7 nitrogen and oxygen atoms in total. The number of aryl methyl sites for hydroxylation is 1. The van der Waals surface area contributed by atoms with E-state index in [1.54, 1.807) is 6.20 Å². The maximum absolute atomic E-state index is 11.9. The Kier molecular flexibility index (Phi) is 4.65. The first kappa shape index (κ1) is 14.9. The van der Waals surface area contributed by atoms with Crippen molar-refractivity contribution in [3.63, 3.8) is 0 Å². The fourth-order valence-corrected chi connectivity index (χ4v) is 2.47. The van der Waals surface area contributed by atoms with Gasteiger partial charge in [0, 0.05) is 17.7 Å². The molecule has 0 saturated carbocycles. The lowest BCUT2D eigenvalue weighted by Gasteiger charge is -2.10. The van der Waals surface area contributed by atoms with Crippen LogP contribution in [0.1, 0.15) is 25.0 Å². The zero-order chi connectivity index (χ0) is 15.4. The number of H-pyrrole nitrogens is 1. The number of fused-ring (bicyclic) bond motifs is 1. The van der Waals surface area contributed by atoms with Crippen LogP contribution in [0, 0.1) is 6.92 Å². The molecule has 2 aromatic rings. The maximum Gasteiger partial charge on any atom is 0.226 e. The van der Waals surface area contributed by atoms with Gasteiger partial charge >= 0.3 is 0 Å². The lowest BCUT2D eigenvalue weighted by atomic mass is 10.2. The molecule has 0 spiro atoms. The molecule has 1 aliphatic rings. The largest absolute Gasteiger partial charge is 0.378 e. The second-order valence-electron chi connectivity index (χ2n) is 5.45. The van der Waals surface area contributed by atoms with E-state index in [4.69, 9.17) is 9.47 Å². The minimum absolute atomic E-state index is 0.0883. The zero-order valence-electron chi connectivity index (χ0n) is 12.6. The second-order valence-corrected chi connectivity index (χ2v) is 5.45. The highest BCUT2D eigenvalue weighted by atomic mass is 16.5. The molecule has 7 heteroatoms. The number of hydrogen-bond acceptors (Lipinski definition) is 5. The second kappa shape index (κ2) is 6.85. The van der Waals surface area contributed by atoms with Gasteiger partial charge in [0.2, 0.25) is 5.91 Å². The van der Waals surface area contributed by atoms with E-state index in [9.17, 15) is 4.79 Å². The van der Waals surface area contributed by atoms with Crippen molar-refractivity contribution in [3.8, 4) is 0 Å². The summed E-state index contributed by atoms with van der Waals surface area (Å²) in [6.07, 6.45) is 4.25. The van der Waals surface area contributed by atoms with Gasteiger partial charge in [-0.1, -0.05) is 0 Å². The van der Waals surface area contributed by atoms with Crippen LogP contribution in [0.4, 0.5) is 5.69 Å². The van der Waals surface area contributed by atoms with Crippen molar-refractivity contribution in [2.45, 2.75) is 32.3 Å². The van der Waals surface area contributed by atoms with Crippen LogP contribution in [0.5, 0.6) is 0 Å². The molecule has 3 heterocycles. The number of pyridine rings is 1. The Labute approximate surface area is 128 Å². The maximum atomic E-state index is 11.9. The highest BCUT2D eigenvalue weighted by Crippen LogP contribution is 2.17. The molecular weight excluding hydrogens is 284 g/mol. The lowest BCUT2D eigenvalue weighted by Crippen LogP contribution is -2.18. The molecule has 22 heavy (non-hydrogen) atoms. The summed E-state index contributed by atoms with van der Waals surface area (Å²) < 4.78 is 10.9. The van der Waals surface area contributed by atoms with E-state index >= 15 is 0 Å². The van der Waals surface area contributed by atoms with Crippen molar-refractivity contribution >= 4 is 22.6 Å². The fourth-order valence-electron chi connectivity index (χ4n) is 2.47. The molecule has 1 saturated heterocycles. The highest BCUT2D eigenvalue weighted by molar-refractivity contribution is 5.93. The third kappa shape index (κ3) is 3.61. The normalized spacial score (nSPS) is 18.0. The fraction of sp³-hybridized carbons (Fsp3) is 0.533. The van der Waals surface area contributed by atoms with Gasteiger partial charge in [0.15, 0.2) is 5.65 Å². The van der Waals surface area contributed by atoms with Crippen molar-refractivity contribution < 1.29 is 14.3 Å². The Morgan fingerprint density at radius 3 is 3.32 bits per heavy atom. The van der Waals surface area contributed by atoms with Crippen molar-refractivity contribution in [1.82, 2.24) is 15.2 Å². The summed E-state index contributed by atoms with van der Waals surface area (Å²) in [5.74, 6) is -0.0883. The van der Waals surface area contributed by atoms with Crippen molar-refractivity contribution in [2.75, 3.05) is 25.1 Å². The van der Waals surface area contributed by atoms with E-state index in [1.165, 1.54) is 0 Å². The summed E-state index contributed by atoms with van der Waals surface area (Å²) in [5, 5.41) is 10.7. The van der Waals surface area contributed by atoms with Crippen LogP contribution in [0.2, 0.25) is 0 Å². The Hall–Kier alpha value is -1.99. The number of nitrogens with zero attached hydrogens (tertiary/aromatic N) is 2. The summed E-state index contributed by atoms with van der Waals surface area (Å²) >= 11 is 0. The Morgan fingerprint density at radius 1 is 1.59 bits per heavy atom. The first-order chi connectivity index (χ1) is 10.7. The summed E-state index contributed by atoms with van der Waals surface area (Å²) in [6, 6.07) is 1.87. The summed E-state index contributed by atoms with van der Waals surface area (Å²) in [7, 11) is 0. The molecule has 3 rings (SSSR count). The molecular formula is C15H20N4O3. The number of aromatic amines is 1. The number of amides is 1. The lowest BCUT2D eigenvalue weighted by molar-refractivity contribution is -0.117. The SMILES string of the molecule is Cc1[nH]nc2ncc(NC(=O)CCOCC3CCCO3)cc12. The molecule has 1 atom stereocenters. The Morgan fingerprint density at radius 2 is 2.50 bits per heavy atom. The van der Waals surface area contributed by atoms with Crippen molar-refractivity contribution in [3.05, 3.63) is 18.0 Å². The van der Waals surface area contributed by atoms with E-state index in [0.29, 0.717) is 31.0 Å². The van der Waals surface area contributed by atoms with Gasteiger partial charge in [-0.2, -0.15) is 5.10 Å². The molecule has 0 radical (unpaired) electrons. The molecule has 2 aromatic heterocycles. The van der Waals surface area contributed by atoms with Crippen LogP contribution >= 0.6 is 0 Å². The van der Waals surface area contributed by atoms with Crippen molar-refractivity contribution in [1.29, 1.82) is 0 Å². The summed E-state index contributed by atoms with van der Waals surface area (Å²) in [4.78, 5) is 16.1. The van der Waals surface area contributed by atoms with E-state index in [-0.39, 0.29) is 12.0 Å². The monoisotopic (exact) mass is 304 g/mol. The molecule has 1 amide bonds. The zero-order valence-corrected chi connectivity index (χ0v) is 12.6. The molecule has 118 valence electrons. The number of ether oxygens (including phenoxy) is 2. The number of hydrogen-bond donors (Lipinski definition) is 2. The number of carbonyl (C=O) groups excluding carboxylic acids is 1. The van der Waals surface area contributed by atoms with Gasteiger partial charge in [0.1, 0.15) is 0 Å². The van der Waals surface area contributed by atoms with Crippen LogP contribution in [0.3, 0.4) is 0 Å². The van der Waals surface area contributed by atoms with Gasteiger partial charge in [0.05, 0.1) is 37.6 Å². The third-order valence-electron chi connectivity index (χ3n) is 3.69. The first-order valence-electron chi connectivity index (χ1n) is 7.52. The predicted octanol–water partition coefficient (Wildman–Crippen LogP) is 1.79. The number of nitrogens with one attached hydrogen (secondary N) is 2. The van der Waals surface area contributed by atoms with Gasteiger partial charge < -0.3 is 14.8 Å². The highest BCUT2D eigenvalue weighted by Gasteiger charge is 2.15. The quantitative estimate of drug-likeness (QED) is 0.794. The molecule has 1 aliphatic heterocycles. The molecule has 0 aromatic carbocycles. The number of rotatable bonds is 6. The van der Waals surface area contributed by atoms with Crippen LogP contribution in [0.25, 0.3) is 11.0 Å². The van der Waals surface area contributed by atoms with Gasteiger partial charge in [-0.3, -0.25) is 9.89 Å². The molecule has 0 bridgehead atoms. The van der Waals surface area contributed by atoms with Gasteiger partial charge in [-0.05, 0) is 25.8 Å². The summed E-state index contributed by atoms with van der Waals surface area (Å²) in [5.41, 5.74) is 2.25. The topological polar surface area (TPSA) is 89.1 Å². The van der Waals surface area contributed by atoms with E-state index in [0.717, 1.165) is 30.5 Å². The van der Waals surface area contributed by atoms with Gasteiger partial charge in [0.25, 0.3) is 0 Å². The number of aromatic nitrogens is 3. The van der Waals surface area contributed by atoms with Crippen LogP contribution in [-0.4, -0.2) is 47.0 Å². The van der Waals surface area contributed by atoms with E-state index in [2.05, 4.69) is 20.5 Å². The van der Waals surface area contributed by atoms with Crippen LogP contribution in [0.15, 0.2) is 12.3 Å². The Bertz CT molecular complexity index is 649. The molecule has 0 aliphatic carbocycles. The average Bonchev–Trinajstić information content (AvgIpc) is 3.14. The standard InChI is InChI=1S/C15H20N4O3/c1-10-13-7-11(8-16-15(13)19-18-10)17-14(20)4-6-21-9-12-3-2-5-22-12/h7-8,12H,2-6,9H2,1H3,(H,17,20)(H,16,18,19). The van der Waals surface area contributed by atoms with Crippen molar-refractivity contribution in [2.24, 2.45) is 0 Å². The third-order valence-corrected chi connectivity index (χ3v) is 3.69.